The van der Waals surface area contributed by atoms with Gasteiger partial charge in [-0.25, -0.2) is 0 Å². The molecule has 1 aliphatic carbocycles. The Morgan fingerprint density at radius 1 is 0.950 bits per heavy atom. The molecule has 0 bridgehead atoms. The van der Waals surface area contributed by atoms with E-state index in [1.165, 1.54) is 0 Å². The zero-order valence-corrected chi connectivity index (χ0v) is 11.4. The summed E-state index contributed by atoms with van der Waals surface area (Å²) >= 11 is 0. The standard InChI is InChI=1S/C15H19N3O2/c16-13-5-3-12(4-6-13)15(20)18-9-7-17(8-10-18)14(19)11-1-2-11/h3-6,11H,1-2,7-10,16H2. The third kappa shape index (κ3) is 2.61. The summed E-state index contributed by atoms with van der Waals surface area (Å²) in [5.74, 6) is 0.544. The molecular weight excluding hydrogens is 254 g/mol. The molecule has 0 aromatic heterocycles. The lowest BCUT2D eigenvalue weighted by Crippen LogP contribution is -2.51. The highest BCUT2D eigenvalue weighted by molar-refractivity contribution is 5.94. The van der Waals surface area contributed by atoms with Crippen molar-refractivity contribution in [3.8, 4) is 0 Å². The van der Waals surface area contributed by atoms with Crippen LogP contribution in [0.3, 0.4) is 0 Å². The third-order valence-corrected chi connectivity index (χ3v) is 3.96. The number of nitrogens with two attached hydrogens (primary N) is 1. The van der Waals surface area contributed by atoms with Gasteiger partial charge in [-0.2, -0.15) is 0 Å². The van der Waals surface area contributed by atoms with E-state index in [0.717, 1.165) is 12.8 Å². The number of nitrogen functional groups attached to an aromatic ring is 1. The summed E-state index contributed by atoms with van der Waals surface area (Å²) in [5.41, 5.74) is 6.93. The number of carbonyl (C=O) groups excluding carboxylic acids is 2. The SMILES string of the molecule is Nc1ccc(C(=O)N2CCN(C(=O)C3CC3)CC2)cc1. The lowest BCUT2D eigenvalue weighted by atomic mass is 10.1. The molecule has 2 amide bonds. The fourth-order valence-corrected chi connectivity index (χ4v) is 2.53. The molecule has 0 radical (unpaired) electrons. The Bertz CT molecular complexity index is 514. The number of rotatable bonds is 2. The van der Waals surface area contributed by atoms with E-state index in [4.69, 9.17) is 5.73 Å². The Kier molecular flexibility index (Phi) is 3.34. The van der Waals surface area contributed by atoms with Crippen LogP contribution in [0.2, 0.25) is 0 Å². The van der Waals surface area contributed by atoms with Crippen LogP contribution in [0.4, 0.5) is 5.69 Å². The number of benzene rings is 1. The lowest BCUT2D eigenvalue weighted by Gasteiger charge is -2.35. The van der Waals surface area contributed by atoms with Gasteiger partial charge in [0.2, 0.25) is 5.91 Å². The normalized spacial score (nSPS) is 19.0. The molecule has 1 saturated carbocycles. The molecule has 2 fully saturated rings. The summed E-state index contributed by atoms with van der Waals surface area (Å²) in [7, 11) is 0. The molecule has 106 valence electrons. The van der Waals surface area contributed by atoms with Crippen molar-refractivity contribution in [1.82, 2.24) is 9.80 Å². The summed E-state index contributed by atoms with van der Waals surface area (Å²) in [6.07, 6.45) is 2.06. The highest BCUT2D eigenvalue weighted by atomic mass is 16.2. The largest absolute Gasteiger partial charge is 0.399 e. The Morgan fingerprint density at radius 3 is 2.05 bits per heavy atom. The maximum absolute atomic E-state index is 12.3. The summed E-state index contributed by atoms with van der Waals surface area (Å²) < 4.78 is 0. The second-order valence-electron chi connectivity index (χ2n) is 5.51. The second-order valence-corrected chi connectivity index (χ2v) is 5.51. The van der Waals surface area contributed by atoms with Crippen LogP contribution in [0.15, 0.2) is 24.3 Å². The first-order chi connectivity index (χ1) is 9.65. The van der Waals surface area contributed by atoms with Crippen molar-refractivity contribution in [2.75, 3.05) is 31.9 Å². The Labute approximate surface area is 118 Å². The molecule has 2 N–H and O–H groups in total. The van der Waals surface area contributed by atoms with Crippen molar-refractivity contribution in [2.24, 2.45) is 5.92 Å². The van der Waals surface area contributed by atoms with Crippen LogP contribution in [-0.2, 0) is 4.79 Å². The average molecular weight is 273 g/mol. The topological polar surface area (TPSA) is 66.6 Å². The highest BCUT2D eigenvalue weighted by Crippen LogP contribution is 2.31. The van der Waals surface area contributed by atoms with Gasteiger partial charge in [-0.05, 0) is 37.1 Å². The maximum Gasteiger partial charge on any atom is 0.253 e. The second kappa shape index (κ2) is 5.15. The third-order valence-electron chi connectivity index (χ3n) is 3.96. The van der Waals surface area contributed by atoms with E-state index in [0.29, 0.717) is 37.4 Å². The number of anilines is 1. The van der Waals surface area contributed by atoms with E-state index >= 15 is 0 Å². The minimum Gasteiger partial charge on any atom is -0.399 e. The van der Waals surface area contributed by atoms with E-state index in [2.05, 4.69) is 0 Å². The van der Waals surface area contributed by atoms with E-state index in [-0.39, 0.29) is 17.7 Å². The number of amides is 2. The van der Waals surface area contributed by atoms with Crippen LogP contribution >= 0.6 is 0 Å². The molecule has 0 atom stereocenters. The number of piperazine rings is 1. The molecule has 1 aliphatic heterocycles. The minimum atomic E-state index is 0.0171. The van der Waals surface area contributed by atoms with Gasteiger partial charge in [0.1, 0.15) is 0 Å². The van der Waals surface area contributed by atoms with Crippen LogP contribution in [-0.4, -0.2) is 47.8 Å². The van der Waals surface area contributed by atoms with E-state index in [9.17, 15) is 9.59 Å². The molecule has 5 heteroatoms. The molecule has 0 unspecified atom stereocenters. The summed E-state index contributed by atoms with van der Waals surface area (Å²) in [6.45, 7) is 2.52. The number of hydrogen-bond acceptors (Lipinski definition) is 3. The predicted octanol–water partition coefficient (Wildman–Crippen LogP) is 0.963. The highest BCUT2D eigenvalue weighted by Gasteiger charge is 2.35. The zero-order chi connectivity index (χ0) is 14.1. The Hall–Kier alpha value is -2.04. The fourth-order valence-electron chi connectivity index (χ4n) is 2.53. The fraction of sp³-hybridized carbons (Fsp3) is 0.467. The van der Waals surface area contributed by atoms with Crippen molar-refractivity contribution < 1.29 is 9.59 Å². The van der Waals surface area contributed by atoms with E-state index in [1.54, 1.807) is 24.3 Å². The lowest BCUT2D eigenvalue weighted by molar-refractivity contribution is -0.134. The zero-order valence-electron chi connectivity index (χ0n) is 11.4. The van der Waals surface area contributed by atoms with E-state index < -0.39 is 0 Å². The molecule has 0 spiro atoms. The Morgan fingerprint density at radius 2 is 1.50 bits per heavy atom. The van der Waals surface area contributed by atoms with Gasteiger partial charge in [-0.1, -0.05) is 0 Å². The molecular formula is C15H19N3O2. The van der Waals surface area contributed by atoms with Crippen LogP contribution in [0, 0.1) is 5.92 Å². The van der Waals surface area contributed by atoms with Gasteiger partial charge >= 0.3 is 0 Å². The van der Waals surface area contributed by atoms with Gasteiger partial charge in [0.25, 0.3) is 5.91 Å². The molecule has 1 aromatic rings. The average Bonchev–Trinajstić information content (AvgIpc) is 3.31. The monoisotopic (exact) mass is 273 g/mol. The van der Waals surface area contributed by atoms with Gasteiger partial charge in [-0.15, -0.1) is 0 Å². The molecule has 1 aromatic carbocycles. The van der Waals surface area contributed by atoms with Crippen molar-refractivity contribution in [3.05, 3.63) is 29.8 Å². The first kappa shape index (κ1) is 13.0. The summed E-state index contributed by atoms with van der Waals surface area (Å²) in [5, 5.41) is 0. The number of hydrogen-bond donors (Lipinski definition) is 1. The van der Waals surface area contributed by atoms with E-state index in [1.807, 2.05) is 9.80 Å². The van der Waals surface area contributed by atoms with Gasteiger partial charge in [-0.3, -0.25) is 9.59 Å². The van der Waals surface area contributed by atoms with Crippen LogP contribution in [0.1, 0.15) is 23.2 Å². The van der Waals surface area contributed by atoms with Crippen LogP contribution in [0.25, 0.3) is 0 Å². The molecule has 3 rings (SSSR count). The van der Waals surface area contributed by atoms with Gasteiger partial charge < -0.3 is 15.5 Å². The Balaban J connectivity index is 1.58. The number of nitrogens with zero attached hydrogens (tertiary/aromatic N) is 2. The molecule has 20 heavy (non-hydrogen) atoms. The molecule has 1 saturated heterocycles. The minimum absolute atomic E-state index is 0.0171. The smallest absolute Gasteiger partial charge is 0.253 e. The van der Waals surface area contributed by atoms with Gasteiger partial charge in [0.15, 0.2) is 0 Å². The van der Waals surface area contributed by atoms with Crippen molar-refractivity contribution in [2.45, 2.75) is 12.8 Å². The summed E-state index contributed by atoms with van der Waals surface area (Å²) in [4.78, 5) is 28.0. The van der Waals surface area contributed by atoms with Crippen LogP contribution in [0.5, 0.6) is 0 Å². The predicted molar refractivity (Wildman–Crippen MR) is 76.1 cm³/mol. The quantitative estimate of drug-likeness (QED) is 0.816. The van der Waals surface area contributed by atoms with Crippen molar-refractivity contribution >= 4 is 17.5 Å². The van der Waals surface area contributed by atoms with Gasteiger partial charge in [0, 0.05) is 43.3 Å². The molecule has 5 nitrogen and oxygen atoms in total. The van der Waals surface area contributed by atoms with Crippen molar-refractivity contribution in [1.29, 1.82) is 0 Å². The maximum atomic E-state index is 12.3. The molecule has 2 aliphatic rings. The van der Waals surface area contributed by atoms with Gasteiger partial charge in [0.05, 0.1) is 0 Å². The molecule has 1 heterocycles. The van der Waals surface area contributed by atoms with Crippen molar-refractivity contribution in [3.63, 3.8) is 0 Å². The number of carbonyl (C=O) groups is 2. The first-order valence-corrected chi connectivity index (χ1v) is 7.09. The summed E-state index contributed by atoms with van der Waals surface area (Å²) in [6, 6.07) is 6.97. The first-order valence-electron chi connectivity index (χ1n) is 7.09. The van der Waals surface area contributed by atoms with Crippen LogP contribution < -0.4 is 5.73 Å².